The third-order valence-electron chi connectivity index (χ3n) is 3.73. The molecule has 0 atom stereocenters. The molecule has 0 fully saturated rings. The number of amides is 1. The van der Waals surface area contributed by atoms with E-state index in [0.29, 0.717) is 31.8 Å². The number of aromatic nitrogens is 2. The van der Waals surface area contributed by atoms with Gasteiger partial charge in [0.15, 0.2) is 11.5 Å². The second-order valence-corrected chi connectivity index (χ2v) is 5.55. The molecular weight excluding hydrogens is 306 g/mol. The summed E-state index contributed by atoms with van der Waals surface area (Å²) in [6.07, 6.45) is 1.02. The Labute approximate surface area is 142 Å². The standard InChI is InChI=1S/C18H25N3O3/c1-5-23-15-9-6-7-10-16(15)24-12-8-11-17(22)19-18-13(2)20-21(4)14(18)3/h6-7,9-10H,5,8,11-12H2,1-4H3,(H,19,22). The molecule has 1 N–H and O–H groups in total. The average molecular weight is 331 g/mol. The minimum absolute atomic E-state index is 0.0316. The number of aryl methyl sites for hydroxylation is 2. The maximum atomic E-state index is 12.1. The Kier molecular flexibility index (Phi) is 6.23. The van der Waals surface area contributed by atoms with Crippen molar-refractivity contribution in [1.29, 1.82) is 0 Å². The van der Waals surface area contributed by atoms with Crippen molar-refractivity contribution in [3.63, 3.8) is 0 Å². The van der Waals surface area contributed by atoms with E-state index in [4.69, 9.17) is 9.47 Å². The van der Waals surface area contributed by atoms with Gasteiger partial charge < -0.3 is 14.8 Å². The van der Waals surface area contributed by atoms with E-state index in [0.717, 1.165) is 22.8 Å². The highest BCUT2D eigenvalue weighted by atomic mass is 16.5. The maximum Gasteiger partial charge on any atom is 0.224 e. The van der Waals surface area contributed by atoms with Gasteiger partial charge in [-0.15, -0.1) is 0 Å². The second kappa shape index (κ2) is 8.38. The van der Waals surface area contributed by atoms with Gasteiger partial charge in [0.25, 0.3) is 0 Å². The van der Waals surface area contributed by atoms with Gasteiger partial charge in [-0.3, -0.25) is 9.48 Å². The van der Waals surface area contributed by atoms with Crippen LogP contribution in [0.4, 0.5) is 5.69 Å². The van der Waals surface area contributed by atoms with Crippen LogP contribution in [0.15, 0.2) is 24.3 Å². The Balaban J connectivity index is 1.79. The van der Waals surface area contributed by atoms with Crippen LogP contribution >= 0.6 is 0 Å². The molecule has 6 heteroatoms. The number of nitrogens with one attached hydrogen (secondary N) is 1. The van der Waals surface area contributed by atoms with Crippen molar-refractivity contribution in [3.05, 3.63) is 35.7 Å². The molecule has 0 aliphatic heterocycles. The molecule has 1 aromatic carbocycles. The van der Waals surface area contributed by atoms with E-state index in [1.54, 1.807) is 4.68 Å². The molecular formula is C18H25N3O3. The average Bonchev–Trinajstić information content (AvgIpc) is 2.79. The molecule has 0 unspecified atom stereocenters. The first-order chi connectivity index (χ1) is 11.5. The zero-order valence-electron chi connectivity index (χ0n) is 14.8. The van der Waals surface area contributed by atoms with E-state index >= 15 is 0 Å². The first kappa shape index (κ1) is 17.8. The Morgan fingerprint density at radius 2 is 1.88 bits per heavy atom. The van der Waals surface area contributed by atoms with Crippen LogP contribution in [0.1, 0.15) is 31.2 Å². The molecule has 0 saturated carbocycles. The molecule has 6 nitrogen and oxygen atoms in total. The first-order valence-corrected chi connectivity index (χ1v) is 8.17. The SMILES string of the molecule is CCOc1ccccc1OCCCC(=O)Nc1c(C)nn(C)c1C. The zero-order valence-corrected chi connectivity index (χ0v) is 14.8. The highest BCUT2D eigenvalue weighted by molar-refractivity contribution is 5.91. The van der Waals surface area contributed by atoms with Crippen LogP contribution in [-0.4, -0.2) is 28.9 Å². The molecule has 2 aromatic rings. The van der Waals surface area contributed by atoms with Crippen LogP contribution in [0, 0.1) is 13.8 Å². The van der Waals surface area contributed by atoms with E-state index in [-0.39, 0.29) is 5.91 Å². The summed E-state index contributed by atoms with van der Waals surface area (Å²) < 4.78 is 13.0. The molecule has 0 spiro atoms. The minimum atomic E-state index is -0.0316. The highest BCUT2D eigenvalue weighted by Crippen LogP contribution is 2.26. The topological polar surface area (TPSA) is 65.4 Å². The molecule has 0 saturated heterocycles. The summed E-state index contributed by atoms with van der Waals surface area (Å²) in [6.45, 7) is 6.80. The lowest BCUT2D eigenvalue weighted by Gasteiger charge is -2.11. The summed E-state index contributed by atoms with van der Waals surface area (Å²) in [6, 6.07) is 7.55. The number of rotatable bonds is 8. The molecule has 0 aliphatic carbocycles. The van der Waals surface area contributed by atoms with Crippen LogP contribution in [-0.2, 0) is 11.8 Å². The number of hydrogen-bond acceptors (Lipinski definition) is 4. The van der Waals surface area contributed by atoms with Gasteiger partial charge in [0, 0.05) is 13.5 Å². The Bertz CT molecular complexity index is 695. The Morgan fingerprint density at radius 1 is 1.21 bits per heavy atom. The van der Waals surface area contributed by atoms with Crippen molar-refractivity contribution in [2.75, 3.05) is 18.5 Å². The van der Waals surface area contributed by atoms with Gasteiger partial charge in [0.2, 0.25) is 5.91 Å². The lowest BCUT2D eigenvalue weighted by Crippen LogP contribution is -2.14. The zero-order chi connectivity index (χ0) is 17.5. The van der Waals surface area contributed by atoms with Crippen LogP contribution in [0.5, 0.6) is 11.5 Å². The quantitative estimate of drug-likeness (QED) is 0.754. The molecule has 2 rings (SSSR count). The Morgan fingerprint density at radius 3 is 2.46 bits per heavy atom. The van der Waals surface area contributed by atoms with Gasteiger partial charge >= 0.3 is 0 Å². The lowest BCUT2D eigenvalue weighted by atomic mass is 10.2. The predicted molar refractivity (Wildman–Crippen MR) is 93.7 cm³/mol. The van der Waals surface area contributed by atoms with Crippen molar-refractivity contribution in [3.8, 4) is 11.5 Å². The number of para-hydroxylation sites is 2. The predicted octanol–water partition coefficient (Wildman–Crippen LogP) is 3.23. The normalized spacial score (nSPS) is 10.5. The van der Waals surface area contributed by atoms with Gasteiger partial charge in [-0.25, -0.2) is 0 Å². The smallest absolute Gasteiger partial charge is 0.224 e. The molecule has 0 bridgehead atoms. The van der Waals surface area contributed by atoms with Gasteiger partial charge in [-0.2, -0.15) is 5.10 Å². The van der Waals surface area contributed by atoms with E-state index < -0.39 is 0 Å². The lowest BCUT2D eigenvalue weighted by molar-refractivity contribution is -0.116. The summed E-state index contributed by atoms with van der Waals surface area (Å²) in [5, 5.41) is 7.22. The van der Waals surface area contributed by atoms with E-state index in [1.165, 1.54) is 0 Å². The third kappa shape index (κ3) is 4.50. The highest BCUT2D eigenvalue weighted by Gasteiger charge is 2.12. The summed E-state index contributed by atoms with van der Waals surface area (Å²) in [5.41, 5.74) is 2.57. The fourth-order valence-corrected chi connectivity index (χ4v) is 2.42. The molecule has 130 valence electrons. The number of nitrogens with zero attached hydrogens (tertiary/aromatic N) is 2. The van der Waals surface area contributed by atoms with E-state index in [2.05, 4.69) is 10.4 Å². The van der Waals surface area contributed by atoms with Crippen LogP contribution in [0.2, 0.25) is 0 Å². The number of benzene rings is 1. The summed E-state index contributed by atoms with van der Waals surface area (Å²) >= 11 is 0. The van der Waals surface area contributed by atoms with Gasteiger partial charge in [-0.1, -0.05) is 12.1 Å². The van der Waals surface area contributed by atoms with Gasteiger partial charge in [0.05, 0.1) is 30.3 Å². The van der Waals surface area contributed by atoms with E-state index in [9.17, 15) is 4.79 Å². The van der Waals surface area contributed by atoms with Crippen LogP contribution in [0.25, 0.3) is 0 Å². The van der Waals surface area contributed by atoms with Crippen LogP contribution < -0.4 is 14.8 Å². The minimum Gasteiger partial charge on any atom is -0.490 e. The van der Waals surface area contributed by atoms with Crippen molar-refractivity contribution < 1.29 is 14.3 Å². The van der Waals surface area contributed by atoms with Crippen molar-refractivity contribution in [2.24, 2.45) is 7.05 Å². The van der Waals surface area contributed by atoms with Gasteiger partial charge in [-0.05, 0) is 39.3 Å². The number of carbonyl (C=O) groups excluding carboxylic acids is 1. The summed E-state index contributed by atoms with van der Waals surface area (Å²) in [4.78, 5) is 12.1. The molecule has 1 amide bonds. The number of carbonyl (C=O) groups is 1. The van der Waals surface area contributed by atoms with Gasteiger partial charge in [0.1, 0.15) is 0 Å². The molecule has 0 aliphatic rings. The molecule has 1 heterocycles. The van der Waals surface area contributed by atoms with Crippen LogP contribution in [0.3, 0.4) is 0 Å². The first-order valence-electron chi connectivity index (χ1n) is 8.17. The van der Waals surface area contributed by atoms with Crippen molar-refractivity contribution >= 4 is 11.6 Å². The number of anilines is 1. The number of ether oxygens (including phenoxy) is 2. The summed E-state index contributed by atoms with van der Waals surface area (Å²) in [5.74, 6) is 1.40. The second-order valence-electron chi connectivity index (χ2n) is 5.55. The monoisotopic (exact) mass is 331 g/mol. The number of hydrogen-bond donors (Lipinski definition) is 1. The van der Waals surface area contributed by atoms with Crippen molar-refractivity contribution in [1.82, 2.24) is 9.78 Å². The molecule has 1 aromatic heterocycles. The fraction of sp³-hybridized carbons (Fsp3) is 0.444. The Hall–Kier alpha value is -2.50. The largest absolute Gasteiger partial charge is 0.490 e. The fourth-order valence-electron chi connectivity index (χ4n) is 2.42. The molecule has 24 heavy (non-hydrogen) atoms. The van der Waals surface area contributed by atoms with Crippen molar-refractivity contribution in [2.45, 2.75) is 33.6 Å². The molecule has 0 radical (unpaired) electrons. The third-order valence-corrected chi connectivity index (χ3v) is 3.73. The van der Waals surface area contributed by atoms with E-state index in [1.807, 2.05) is 52.1 Å². The summed E-state index contributed by atoms with van der Waals surface area (Å²) in [7, 11) is 1.86. The maximum absolute atomic E-state index is 12.1.